The van der Waals surface area contributed by atoms with Gasteiger partial charge in [-0.2, -0.15) is 0 Å². The Morgan fingerprint density at radius 3 is 2.71 bits per heavy atom. The van der Waals surface area contributed by atoms with Crippen LogP contribution in [0.5, 0.6) is 0 Å². The molecule has 1 N–H and O–H groups in total. The molecule has 3 aromatic rings. The molecule has 1 aliphatic carbocycles. The van der Waals surface area contributed by atoms with Gasteiger partial charge < -0.3 is 9.67 Å². The third kappa shape index (κ3) is 1.39. The number of Topliss-reactive ketones (excluding diaryl/α,β-unsaturated/α-hetero) is 1. The fourth-order valence-corrected chi connectivity index (χ4v) is 4.28. The van der Waals surface area contributed by atoms with Crippen molar-refractivity contribution in [3.63, 3.8) is 0 Å². The molecule has 5 heteroatoms. The molecule has 1 aliphatic heterocycles. The van der Waals surface area contributed by atoms with Gasteiger partial charge in [-0.05, 0) is 12.1 Å². The minimum absolute atomic E-state index is 0.262. The summed E-state index contributed by atoms with van der Waals surface area (Å²) in [5.41, 5.74) is 2.22. The second-order valence-corrected chi connectivity index (χ2v) is 6.71. The lowest BCUT2D eigenvalue weighted by Gasteiger charge is -2.34. The number of ketones is 1. The van der Waals surface area contributed by atoms with Crippen LogP contribution in [0, 0.1) is 0 Å². The van der Waals surface area contributed by atoms with Crippen LogP contribution in [0.2, 0.25) is 0 Å². The van der Waals surface area contributed by atoms with Crippen LogP contribution in [-0.4, -0.2) is 26.5 Å². The van der Waals surface area contributed by atoms with Gasteiger partial charge in [-0.3, -0.25) is 4.79 Å². The van der Waals surface area contributed by atoms with E-state index >= 15 is 0 Å². The number of hydrogen-bond acceptors (Lipinski definition) is 3. The van der Waals surface area contributed by atoms with E-state index in [-0.39, 0.29) is 5.78 Å². The lowest BCUT2D eigenvalue weighted by molar-refractivity contribution is 0.0745. The molecular weight excluding hydrogens is 324 g/mol. The average Bonchev–Trinajstić information content (AvgIpc) is 3.07. The summed E-state index contributed by atoms with van der Waals surface area (Å²) in [6.07, 6.45) is 0. The molecule has 2 aromatic carbocycles. The second-order valence-electron chi connectivity index (χ2n) is 6.27. The van der Waals surface area contributed by atoms with Gasteiger partial charge in [0.05, 0.1) is 16.9 Å². The summed E-state index contributed by atoms with van der Waals surface area (Å²) in [5.74, 6) is -0.262. The molecule has 0 bridgehead atoms. The number of carbonyl (C=O) groups excluding carboxylic acids is 1. The Balaban J connectivity index is 1.94. The summed E-state index contributed by atoms with van der Waals surface area (Å²) in [5, 5.41) is 11.1. The number of aromatic nitrogens is 1. The van der Waals surface area contributed by atoms with Crippen LogP contribution in [0.3, 0.4) is 0 Å². The standard InChI is InChI=1S/C19H13ClN2O2/c1-22-13-9-5-2-6-10(13)14-15(22)18-19(24,17(20)16(14)23)11-7-3-4-8-12(11)21-18/h2-9,17,24H,1H3. The third-order valence-electron chi connectivity index (χ3n) is 5.08. The molecule has 2 heterocycles. The van der Waals surface area contributed by atoms with E-state index < -0.39 is 11.0 Å². The zero-order chi connectivity index (χ0) is 16.6. The molecule has 0 saturated heterocycles. The minimum atomic E-state index is -1.59. The number of nitrogens with zero attached hydrogens (tertiary/aromatic N) is 2. The molecule has 0 radical (unpaired) electrons. The molecule has 5 rings (SSSR count). The van der Waals surface area contributed by atoms with Crippen molar-refractivity contribution in [1.82, 2.24) is 4.57 Å². The Hall–Kier alpha value is -2.43. The van der Waals surface area contributed by atoms with Gasteiger partial charge in [0, 0.05) is 23.5 Å². The number of aryl methyl sites for hydroxylation is 1. The number of aliphatic imine (C=N–C) groups is 1. The number of fused-ring (bicyclic) bond motifs is 7. The van der Waals surface area contributed by atoms with E-state index in [2.05, 4.69) is 4.99 Å². The van der Waals surface area contributed by atoms with Crippen LogP contribution in [-0.2, 0) is 12.6 Å². The van der Waals surface area contributed by atoms with Gasteiger partial charge in [0.1, 0.15) is 11.1 Å². The van der Waals surface area contributed by atoms with Crippen LogP contribution in [0.25, 0.3) is 10.9 Å². The first-order chi connectivity index (χ1) is 11.5. The highest BCUT2D eigenvalue weighted by Crippen LogP contribution is 2.49. The zero-order valence-electron chi connectivity index (χ0n) is 12.8. The highest BCUT2D eigenvalue weighted by Gasteiger charge is 2.56. The number of hydrogen-bond donors (Lipinski definition) is 1. The normalized spacial score (nSPS) is 24.5. The van der Waals surface area contributed by atoms with Crippen LogP contribution in [0.4, 0.5) is 5.69 Å². The van der Waals surface area contributed by atoms with E-state index in [1.54, 1.807) is 6.07 Å². The van der Waals surface area contributed by atoms with Gasteiger partial charge in [-0.25, -0.2) is 4.99 Å². The highest BCUT2D eigenvalue weighted by atomic mass is 35.5. The number of halogens is 1. The van der Waals surface area contributed by atoms with E-state index in [9.17, 15) is 9.90 Å². The Labute approximate surface area is 143 Å². The summed E-state index contributed by atoms with van der Waals surface area (Å²) in [6.45, 7) is 0. The largest absolute Gasteiger partial charge is 0.377 e. The molecule has 118 valence electrons. The average molecular weight is 337 g/mol. The van der Waals surface area contributed by atoms with E-state index in [0.717, 1.165) is 10.9 Å². The maximum atomic E-state index is 13.0. The summed E-state index contributed by atoms with van der Waals surface area (Å²) in [7, 11) is 1.88. The highest BCUT2D eigenvalue weighted by molar-refractivity contribution is 6.43. The molecule has 0 spiro atoms. The Kier molecular flexibility index (Phi) is 2.53. The monoisotopic (exact) mass is 336 g/mol. The van der Waals surface area contributed by atoms with Crippen molar-refractivity contribution >= 4 is 39.7 Å². The first kappa shape index (κ1) is 14.0. The van der Waals surface area contributed by atoms with Gasteiger partial charge in [0.2, 0.25) is 0 Å². The number of carbonyl (C=O) groups is 1. The Morgan fingerprint density at radius 2 is 1.88 bits per heavy atom. The molecular formula is C19H13ClN2O2. The SMILES string of the molecule is Cn1c2c(c3ccccc31)C(=O)C(Cl)C1(O)C2=Nc2ccccc21. The van der Waals surface area contributed by atoms with Crippen molar-refractivity contribution in [2.45, 2.75) is 11.0 Å². The molecule has 2 unspecified atom stereocenters. The number of para-hydroxylation sites is 2. The van der Waals surface area contributed by atoms with Crippen molar-refractivity contribution in [2.75, 3.05) is 0 Å². The molecule has 0 fully saturated rings. The molecule has 0 saturated carbocycles. The first-order valence-corrected chi connectivity index (χ1v) is 8.16. The summed E-state index contributed by atoms with van der Waals surface area (Å²) < 4.78 is 1.92. The van der Waals surface area contributed by atoms with Gasteiger partial charge in [0.15, 0.2) is 11.4 Å². The Bertz CT molecular complexity index is 1080. The quantitative estimate of drug-likeness (QED) is 0.640. The lowest BCUT2D eigenvalue weighted by Crippen LogP contribution is -2.50. The minimum Gasteiger partial charge on any atom is -0.377 e. The van der Waals surface area contributed by atoms with Crippen molar-refractivity contribution in [2.24, 2.45) is 12.0 Å². The van der Waals surface area contributed by atoms with E-state index in [4.69, 9.17) is 11.6 Å². The number of benzene rings is 2. The smallest absolute Gasteiger partial charge is 0.187 e. The number of alkyl halides is 1. The fourth-order valence-electron chi connectivity index (χ4n) is 3.95. The number of aliphatic hydroxyl groups is 1. The van der Waals surface area contributed by atoms with Crippen molar-refractivity contribution in [1.29, 1.82) is 0 Å². The fraction of sp³-hybridized carbons (Fsp3) is 0.158. The first-order valence-electron chi connectivity index (χ1n) is 7.72. The van der Waals surface area contributed by atoms with Crippen molar-refractivity contribution in [3.8, 4) is 0 Å². The predicted molar refractivity (Wildman–Crippen MR) is 93.4 cm³/mol. The van der Waals surface area contributed by atoms with E-state index in [1.807, 2.05) is 54.1 Å². The summed E-state index contributed by atoms with van der Waals surface area (Å²) in [6, 6.07) is 15.0. The summed E-state index contributed by atoms with van der Waals surface area (Å²) >= 11 is 6.48. The maximum absolute atomic E-state index is 13.0. The topological polar surface area (TPSA) is 54.6 Å². The third-order valence-corrected chi connectivity index (χ3v) is 5.60. The maximum Gasteiger partial charge on any atom is 0.187 e. The zero-order valence-corrected chi connectivity index (χ0v) is 13.6. The van der Waals surface area contributed by atoms with Gasteiger partial charge in [0.25, 0.3) is 0 Å². The van der Waals surface area contributed by atoms with Gasteiger partial charge in [-0.1, -0.05) is 36.4 Å². The lowest BCUT2D eigenvalue weighted by atomic mass is 9.77. The van der Waals surface area contributed by atoms with Crippen LogP contribution in [0.15, 0.2) is 53.5 Å². The van der Waals surface area contributed by atoms with Gasteiger partial charge >= 0.3 is 0 Å². The Morgan fingerprint density at radius 1 is 1.17 bits per heavy atom. The molecule has 2 atom stereocenters. The van der Waals surface area contributed by atoms with Crippen LogP contribution in [0.1, 0.15) is 21.6 Å². The molecule has 24 heavy (non-hydrogen) atoms. The molecule has 2 aliphatic rings. The molecule has 0 amide bonds. The summed E-state index contributed by atoms with van der Waals surface area (Å²) in [4.78, 5) is 17.7. The molecule has 4 nitrogen and oxygen atoms in total. The van der Waals surface area contributed by atoms with Crippen LogP contribution < -0.4 is 0 Å². The van der Waals surface area contributed by atoms with E-state index in [1.165, 1.54) is 0 Å². The van der Waals surface area contributed by atoms with Gasteiger partial charge in [-0.15, -0.1) is 11.6 Å². The molecule has 1 aromatic heterocycles. The van der Waals surface area contributed by atoms with Crippen molar-refractivity contribution in [3.05, 3.63) is 65.4 Å². The second kappa shape index (κ2) is 4.35. The van der Waals surface area contributed by atoms with Crippen molar-refractivity contribution < 1.29 is 9.90 Å². The number of rotatable bonds is 0. The predicted octanol–water partition coefficient (Wildman–Crippen LogP) is 3.30. The van der Waals surface area contributed by atoms with Crippen LogP contribution >= 0.6 is 11.6 Å². The van der Waals surface area contributed by atoms with E-state index in [0.29, 0.717) is 28.2 Å².